The van der Waals surface area contributed by atoms with Gasteiger partial charge in [0.25, 0.3) is 10.0 Å². The van der Waals surface area contributed by atoms with E-state index in [1.165, 1.54) is 27.8 Å². The Morgan fingerprint density at radius 2 is 1.85 bits per heavy atom. The van der Waals surface area contributed by atoms with Crippen molar-refractivity contribution in [3.05, 3.63) is 53.2 Å². The molecule has 6 nitrogen and oxygen atoms in total. The molecule has 3 rings (SSSR count). The summed E-state index contributed by atoms with van der Waals surface area (Å²) in [6, 6.07) is 8.95. The smallest absolute Gasteiger partial charge is 0.252 e. The van der Waals surface area contributed by atoms with Crippen molar-refractivity contribution in [2.45, 2.75) is 23.7 Å². The lowest BCUT2D eigenvalue weighted by molar-refractivity contribution is -0.126. The first kappa shape index (κ1) is 19.9. The van der Waals surface area contributed by atoms with Gasteiger partial charge in [0.2, 0.25) is 5.91 Å². The predicted octanol–water partition coefficient (Wildman–Crippen LogP) is 1.90. The molecule has 0 bridgehead atoms. The molecule has 27 heavy (non-hydrogen) atoms. The Bertz CT molecular complexity index is 862. The van der Waals surface area contributed by atoms with Crippen LogP contribution in [0.3, 0.4) is 0 Å². The van der Waals surface area contributed by atoms with Crippen LogP contribution in [0.4, 0.5) is 4.39 Å². The molecule has 146 valence electrons. The third kappa shape index (κ3) is 4.73. The molecule has 9 heteroatoms. The molecule has 1 aliphatic heterocycles. The van der Waals surface area contributed by atoms with Crippen LogP contribution < -0.4 is 5.32 Å². The second-order valence-electron chi connectivity index (χ2n) is 6.39. The summed E-state index contributed by atoms with van der Waals surface area (Å²) in [4.78, 5) is 14.4. The van der Waals surface area contributed by atoms with Gasteiger partial charge in [-0.2, -0.15) is 4.31 Å². The molecule has 0 radical (unpaired) electrons. The van der Waals surface area contributed by atoms with Crippen molar-refractivity contribution in [3.8, 4) is 0 Å². The summed E-state index contributed by atoms with van der Waals surface area (Å²) in [6.07, 6.45) is 0. The van der Waals surface area contributed by atoms with Crippen LogP contribution in [0.1, 0.15) is 12.5 Å². The maximum atomic E-state index is 12.9. The average Bonchev–Trinajstić information content (AvgIpc) is 3.22. The SMILES string of the molecule is C[C@@H](C(=O)NCc1ccc(F)cc1)N1CCN(S(=O)(=O)c2cccs2)CC1. The molecule has 0 unspecified atom stereocenters. The van der Waals surface area contributed by atoms with Gasteiger partial charge in [-0.1, -0.05) is 18.2 Å². The standard InChI is InChI=1S/C18H22FN3O3S2/c1-14(18(23)20-13-15-4-6-16(19)7-5-15)21-8-10-22(11-9-21)27(24,25)17-3-2-12-26-17/h2-7,12,14H,8-11,13H2,1H3,(H,20,23)/t14-/m0/s1. The van der Waals surface area contributed by atoms with Crippen LogP contribution in [-0.2, 0) is 21.4 Å². The molecule has 1 amide bonds. The summed E-state index contributed by atoms with van der Waals surface area (Å²) in [5, 5.41) is 4.59. The van der Waals surface area contributed by atoms with Gasteiger partial charge in [0, 0.05) is 32.7 Å². The number of rotatable bonds is 6. The van der Waals surface area contributed by atoms with Crippen LogP contribution >= 0.6 is 11.3 Å². The monoisotopic (exact) mass is 411 g/mol. The number of carbonyl (C=O) groups is 1. The van der Waals surface area contributed by atoms with Crippen molar-refractivity contribution in [2.75, 3.05) is 26.2 Å². The van der Waals surface area contributed by atoms with E-state index in [1.54, 1.807) is 29.6 Å². The van der Waals surface area contributed by atoms with Gasteiger partial charge in [-0.25, -0.2) is 12.8 Å². The second kappa shape index (κ2) is 8.47. The predicted molar refractivity (Wildman–Crippen MR) is 102 cm³/mol. The van der Waals surface area contributed by atoms with E-state index in [4.69, 9.17) is 0 Å². The number of sulfonamides is 1. The van der Waals surface area contributed by atoms with Crippen LogP contribution in [0, 0.1) is 5.82 Å². The Hall–Kier alpha value is -1.81. The largest absolute Gasteiger partial charge is 0.351 e. The lowest BCUT2D eigenvalue weighted by Crippen LogP contribution is -2.54. The number of benzene rings is 1. The first-order valence-electron chi connectivity index (χ1n) is 8.68. The zero-order chi connectivity index (χ0) is 19.4. The van der Waals surface area contributed by atoms with Gasteiger partial charge in [-0.15, -0.1) is 11.3 Å². The number of hydrogen-bond acceptors (Lipinski definition) is 5. The highest BCUT2D eigenvalue weighted by Gasteiger charge is 2.32. The summed E-state index contributed by atoms with van der Waals surface area (Å²) < 4.78 is 39.8. The van der Waals surface area contributed by atoms with E-state index in [0.717, 1.165) is 5.56 Å². The maximum absolute atomic E-state index is 12.9. The average molecular weight is 412 g/mol. The molecule has 0 aliphatic carbocycles. The zero-order valence-electron chi connectivity index (χ0n) is 15.0. The molecule has 2 heterocycles. The molecule has 1 atom stereocenters. The third-order valence-electron chi connectivity index (χ3n) is 4.67. The van der Waals surface area contributed by atoms with Crippen molar-refractivity contribution in [2.24, 2.45) is 0 Å². The summed E-state index contributed by atoms with van der Waals surface area (Å²) in [6.45, 7) is 3.84. The second-order valence-corrected chi connectivity index (χ2v) is 9.50. The summed E-state index contributed by atoms with van der Waals surface area (Å²) in [5.41, 5.74) is 0.823. The topological polar surface area (TPSA) is 69.7 Å². The highest BCUT2D eigenvalue weighted by atomic mass is 32.2. The van der Waals surface area contributed by atoms with Crippen molar-refractivity contribution >= 4 is 27.3 Å². The maximum Gasteiger partial charge on any atom is 0.252 e. The fourth-order valence-electron chi connectivity index (χ4n) is 2.97. The van der Waals surface area contributed by atoms with Crippen molar-refractivity contribution in [1.29, 1.82) is 0 Å². The van der Waals surface area contributed by atoms with Crippen molar-refractivity contribution < 1.29 is 17.6 Å². The Kier molecular flexibility index (Phi) is 6.25. The number of piperazine rings is 1. The van der Waals surface area contributed by atoms with E-state index in [9.17, 15) is 17.6 Å². The van der Waals surface area contributed by atoms with Crippen LogP contribution in [0.15, 0.2) is 46.0 Å². The first-order chi connectivity index (χ1) is 12.9. The molecule has 2 aromatic rings. The number of halogens is 1. The highest BCUT2D eigenvalue weighted by Crippen LogP contribution is 2.22. The van der Waals surface area contributed by atoms with E-state index >= 15 is 0 Å². The van der Waals surface area contributed by atoms with Gasteiger partial charge in [0.1, 0.15) is 10.0 Å². The Morgan fingerprint density at radius 1 is 1.19 bits per heavy atom. The number of nitrogens with zero attached hydrogens (tertiary/aromatic N) is 2. The molecule has 1 fully saturated rings. The van der Waals surface area contributed by atoms with Crippen molar-refractivity contribution in [3.63, 3.8) is 0 Å². The minimum atomic E-state index is -3.44. The highest BCUT2D eigenvalue weighted by molar-refractivity contribution is 7.91. The quantitative estimate of drug-likeness (QED) is 0.788. The van der Waals surface area contributed by atoms with Gasteiger partial charge in [-0.3, -0.25) is 9.69 Å². The number of nitrogens with one attached hydrogen (secondary N) is 1. The molecule has 1 aromatic heterocycles. The molecular formula is C18H22FN3O3S2. The van der Waals surface area contributed by atoms with Crippen LogP contribution in [-0.4, -0.2) is 55.8 Å². The number of thiophene rings is 1. The van der Waals surface area contributed by atoms with Crippen molar-refractivity contribution in [1.82, 2.24) is 14.5 Å². The summed E-state index contributed by atoms with van der Waals surface area (Å²) >= 11 is 1.21. The van der Waals surface area contributed by atoms with E-state index in [0.29, 0.717) is 36.9 Å². The lowest BCUT2D eigenvalue weighted by Gasteiger charge is -2.36. The number of carbonyl (C=O) groups excluding carboxylic acids is 1. The minimum absolute atomic E-state index is 0.131. The number of hydrogen-bond donors (Lipinski definition) is 1. The Labute approximate surface area is 162 Å². The van der Waals surface area contributed by atoms with E-state index < -0.39 is 10.0 Å². The van der Waals surface area contributed by atoms with Crippen LogP contribution in [0.2, 0.25) is 0 Å². The fourth-order valence-corrected chi connectivity index (χ4v) is 5.54. The normalized spacial score (nSPS) is 17.6. The number of amides is 1. The molecule has 1 N–H and O–H groups in total. The molecule has 1 aliphatic rings. The molecule has 1 saturated heterocycles. The molecule has 0 saturated carbocycles. The molecule has 0 spiro atoms. The zero-order valence-corrected chi connectivity index (χ0v) is 16.6. The first-order valence-corrected chi connectivity index (χ1v) is 11.0. The Balaban J connectivity index is 1.51. The summed E-state index contributed by atoms with van der Waals surface area (Å²) in [5.74, 6) is -0.442. The van der Waals surface area contributed by atoms with Gasteiger partial charge in [0.05, 0.1) is 6.04 Å². The fraction of sp³-hybridized carbons (Fsp3) is 0.389. The van der Waals surface area contributed by atoms with Gasteiger partial charge in [-0.05, 0) is 36.1 Å². The Morgan fingerprint density at radius 3 is 2.44 bits per heavy atom. The third-order valence-corrected chi connectivity index (χ3v) is 7.94. The molecular weight excluding hydrogens is 389 g/mol. The summed E-state index contributed by atoms with van der Waals surface area (Å²) in [7, 11) is -3.44. The van der Waals surface area contributed by atoms with E-state index in [1.807, 2.05) is 11.8 Å². The van der Waals surface area contributed by atoms with Gasteiger partial charge >= 0.3 is 0 Å². The van der Waals surface area contributed by atoms with Crippen LogP contribution in [0.5, 0.6) is 0 Å². The molecule has 1 aromatic carbocycles. The van der Waals surface area contributed by atoms with Gasteiger partial charge < -0.3 is 5.32 Å². The minimum Gasteiger partial charge on any atom is -0.351 e. The van der Waals surface area contributed by atoms with Crippen LogP contribution in [0.25, 0.3) is 0 Å². The lowest BCUT2D eigenvalue weighted by atomic mass is 10.2. The van der Waals surface area contributed by atoms with E-state index in [2.05, 4.69) is 5.32 Å². The van der Waals surface area contributed by atoms with E-state index in [-0.39, 0.29) is 17.8 Å². The van der Waals surface area contributed by atoms with Gasteiger partial charge in [0.15, 0.2) is 0 Å².